The maximum atomic E-state index is 12.9. The molecule has 8 heteroatoms. The van der Waals surface area contributed by atoms with Crippen molar-refractivity contribution < 1.29 is 14.3 Å². The van der Waals surface area contributed by atoms with E-state index in [1.807, 2.05) is 60.3 Å². The average Bonchev–Trinajstić information content (AvgIpc) is 3.23. The number of fused-ring (bicyclic) bond motifs is 1. The van der Waals surface area contributed by atoms with Crippen molar-refractivity contribution in [2.45, 2.75) is 0 Å². The third kappa shape index (κ3) is 3.75. The summed E-state index contributed by atoms with van der Waals surface area (Å²) in [7, 11) is 7.29. The Bertz CT molecular complexity index is 999. The molecule has 1 saturated heterocycles. The molecule has 1 fully saturated rings. The van der Waals surface area contributed by atoms with Gasteiger partial charge in [0.25, 0.3) is 5.91 Å². The van der Waals surface area contributed by atoms with E-state index >= 15 is 0 Å². The number of hydrogen-bond acceptors (Lipinski definition) is 7. The number of ether oxygens (including phenoxy) is 2. The molecule has 0 radical (unpaired) electrons. The molecule has 1 aliphatic heterocycles. The summed E-state index contributed by atoms with van der Waals surface area (Å²) in [5.74, 6) is 1.61. The Morgan fingerprint density at radius 1 is 0.967 bits per heavy atom. The number of rotatable bonds is 5. The van der Waals surface area contributed by atoms with Gasteiger partial charge in [-0.05, 0) is 36.4 Å². The Labute approximate surface area is 180 Å². The highest BCUT2D eigenvalue weighted by Crippen LogP contribution is 2.40. The fraction of sp³-hybridized carbons (Fsp3) is 0.364. The van der Waals surface area contributed by atoms with Gasteiger partial charge in [-0.15, -0.1) is 0 Å². The highest BCUT2D eigenvalue weighted by Gasteiger charge is 2.25. The van der Waals surface area contributed by atoms with Crippen LogP contribution in [0, 0.1) is 0 Å². The molecule has 1 aromatic heterocycles. The van der Waals surface area contributed by atoms with E-state index in [1.165, 1.54) is 0 Å². The first-order chi connectivity index (χ1) is 14.5. The number of carbonyl (C=O) groups is 1. The third-order valence-corrected chi connectivity index (χ3v) is 6.50. The topological polar surface area (TPSA) is 58.1 Å². The van der Waals surface area contributed by atoms with Gasteiger partial charge in [0.15, 0.2) is 5.13 Å². The summed E-state index contributed by atoms with van der Waals surface area (Å²) in [6, 6.07) is 11.5. The van der Waals surface area contributed by atoms with Crippen LogP contribution in [-0.4, -0.2) is 70.3 Å². The second-order valence-corrected chi connectivity index (χ2v) is 8.34. The first-order valence-electron chi connectivity index (χ1n) is 9.85. The molecule has 0 bridgehead atoms. The molecular weight excluding hydrogens is 400 g/mol. The van der Waals surface area contributed by atoms with Crippen LogP contribution in [0.4, 0.5) is 10.8 Å². The van der Waals surface area contributed by atoms with Crippen LogP contribution >= 0.6 is 11.3 Å². The smallest absolute Gasteiger partial charge is 0.253 e. The Morgan fingerprint density at radius 2 is 1.60 bits per heavy atom. The van der Waals surface area contributed by atoms with Gasteiger partial charge >= 0.3 is 0 Å². The van der Waals surface area contributed by atoms with E-state index in [4.69, 9.17) is 14.5 Å². The minimum absolute atomic E-state index is 0.0765. The number of nitrogens with zero attached hydrogens (tertiary/aromatic N) is 4. The first-order valence-corrected chi connectivity index (χ1v) is 10.7. The van der Waals surface area contributed by atoms with Crippen LogP contribution in [0.5, 0.6) is 11.5 Å². The molecule has 0 unspecified atom stereocenters. The van der Waals surface area contributed by atoms with Gasteiger partial charge < -0.3 is 24.2 Å². The number of hydrogen-bond donors (Lipinski definition) is 0. The fourth-order valence-corrected chi connectivity index (χ4v) is 4.72. The summed E-state index contributed by atoms with van der Waals surface area (Å²) in [4.78, 5) is 23.8. The zero-order valence-corrected chi connectivity index (χ0v) is 18.5. The molecule has 0 aliphatic carbocycles. The summed E-state index contributed by atoms with van der Waals surface area (Å²) in [5.41, 5.74) is 2.62. The van der Waals surface area contributed by atoms with Crippen molar-refractivity contribution in [2.24, 2.45) is 0 Å². The van der Waals surface area contributed by atoms with Crippen LogP contribution in [0.15, 0.2) is 36.4 Å². The van der Waals surface area contributed by atoms with Crippen molar-refractivity contribution in [1.29, 1.82) is 0 Å². The number of methoxy groups -OCH3 is 2. The maximum Gasteiger partial charge on any atom is 0.253 e. The summed E-state index contributed by atoms with van der Waals surface area (Å²) in [6.45, 7) is 2.81. The fourth-order valence-electron chi connectivity index (χ4n) is 3.60. The number of thiazole rings is 1. The van der Waals surface area contributed by atoms with Gasteiger partial charge in [-0.3, -0.25) is 4.79 Å². The number of piperazine rings is 1. The third-order valence-electron chi connectivity index (χ3n) is 5.37. The molecule has 0 atom stereocenters. The number of aromatic nitrogens is 1. The molecule has 7 nitrogen and oxygen atoms in total. The second-order valence-electron chi connectivity index (χ2n) is 7.36. The van der Waals surface area contributed by atoms with E-state index in [9.17, 15) is 4.79 Å². The zero-order chi connectivity index (χ0) is 21.3. The van der Waals surface area contributed by atoms with Gasteiger partial charge in [0.1, 0.15) is 21.7 Å². The Kier molecular flexibility index (Phi) is 5.67. The lowest BCUT2D eigenvalue weighted by Gasteiger charge is -2.34. The van der Waals surface area contributed by atoms with Crippen LogP contribution < -0.4 is 19.3 Å². The van der Waals surface area contributed by atoms with E-state index in [2.05, 4.69) is 4.90 Å². The van der Waals surface area contributed by atoms with Crippen LogP contribution in [0.25, 0.3) is 10.2 Å². The second kappa shape index (κ2) is 8.39. The Morgan fingerprint density at radius 3 is 2.20 bits per heavy atom. The van der Waals surface area contributed by atoms with Crippen molar-refractivity contribution in [2.75, 3.05) is 64.3 Å². The molecule has 2 aromatic carbocycles. The minimum atomic E-state index is 0.0765. The van der Waals surface area contributed by atoms with E-state index < -0.39 is 0 Å². The first kappa shape index (κ1) is 20.3. The normalized spacial score (nSPS) is 14.1. The highest BCUT2D eigenvalue weighted by atomic mass is 32.1. The van der Waals surface area contributed by atoms with Gasteiger partial charge in [-0.25, -0.2) is 4.98 Å². The zero-order valence-electron chi connectivity index (χ0n) is 17.7. The van der Waals surface area contributed by atoms with E-state index in [1.54, 1.807) is 25.6 Å². The van der Waals surface area contributed by atoms with Crippen LogP contribution in [-0.2, 0) is 0 Å². The van der Waals surface area contributed by atoms with Crippen LogP contribution in [0.1, 0.15) is 10.4 Å². The molecule has 0 N–H and O–H groups in total. The summed E-state index contributed by atoms with van der Waals surface area (Å²) < 4.78 is 11.9. The number of carbonyl (C=O) groups excluding carboxylic acids is 1. The van der Waals surface area contributed by atoms with Gasteiger partial charge in [0, 0.05) is 51.5 Å². The molecule has 0 spiro atoms. The van der Waals surface area contributed by atoms with Gasteiger partial charge in [0.2, 0.25) is 0 Å². The average molecular weight is 427 g/mol. The molecule has 1 amide bonds. The van der Waals surface area contributed by atoms with Crippen LogP contribution in [0.2, 0.25) is 0 Å². The largest absolute Gasteiger partial charge is 0.495 e. The van der Waals surface area contributed by atoms with E-state index in [-0.39, 0.29) is 5.91 Å². The maximum absolute atomic E-state index is 12.9. The van der Waals surface area contributed by atoms with Crippen LogP contribution in [0.3, 0.4) is 0 Å². The summed E-state index contributed by atoms with van der Waals surface area (Å²) in [6.07, 6.45) is 0. The lowest BCUT2D eigenvalue weighted by Crippen LogP contribution is -2.48. The molecule has 30 heavy (non-hydrogen) atoms. The molecule has 1 aliphatic rings. The predicted octanol–water partition coefficient (Wildman–Crippen LogP) is 3.34. The Balaban J connectivity index is 1.47. The van der Waals surface area contributed by atoms with Gasteiger partial charge in [-0.2, -0.15) is 0 Å². The minimum Gasteiger partial charge on any atom is -0.495 e. The standard InChI is InChI=1S/C22H26N4O3S/c1-24(2)16-7-5-15(6-8-16)21(27)25-11-13-26(14-12-25)22-23-19-17(28-3)9-10-18(29-4)20(19)30-22/h5-10H,11-14H2,1-4H3. The quantitative estimate of drug-likeness (QED) is 0.624. The molecule has 0 saturated carbocycles. The summed E-state index contributed by atoms with van der Waals surface area (Å²) in [5, 5.41) is 0.926. The van der Waals surface area contributed by atoms with Crippen molar-refractivity contribution in [3.8, 4) is 11.5 Å². The molecular formula is C22H26N4O3S. The SMILES string of the molecule is COc1ccc(OC)c2sc(N3CCN(C(=O)c4ccc(N(C)C)cc4)CC3)nc12. The van der Waals surface area contributed by atoms with Crippen molar-refractivity contribution in [3.05, 3.63) is 42.0 Å². The summed E-state index contributed by atoms with van der Waals surface area (Å²) >= 11 is 1.60. The Hall–Kier alpha value is -3.00. The number of amides is 1. The number of benzene rings is 2. The lowest BCUT2D eigenvalue weighted by atomic mass is 10.1. The van der Waals surface area contributed by atoms with Crippen molar-refractivity contribution in [3.63, 3.8) is 0 Å². The van der Waals surface area contributed by atoms with Crippen molar-refractivity contribution in [1.82, 2.24) is 9.88 Å². The van der Waals surface area contributed by atoms with E-state index in [0.717, 1.165) is 51.2 Å². The van der Waals surface area contributed by atoms with Crippen molar-refractivity contribution >= 4 is 38.3 Å². The molecule has 2 heterocycles. The molecule has 4 rings (SSSR count). The van der Waals surface area contributed by atoms with Gasteiger partial charge in [0.05, 0.1) is 14.2 Å². The molecule has 158 valence electrons. The van der Waals surface area contributed by atoms with Gasteiger partial charge in [-0.1, -0.05) is 11.3 Å². The van der Waals surface area contributed by atoms with E-state index in [0.29, 0.717) is 13.1 Å². The monoisotopic (exact) mass is 426 g/mol. The highest BCUT2D eigenvalue weighted by molar-refractivity contribution is 7.22. The number of anilines is 2. The lowest BCUT2D eigenvalue weighted by molar-refractivity contribution is 0.0747. The predicted molar refractivity (Wildman–Crippen MR) is 122 cm³/mol. The molecule has 3 aromatic rings.